The molecule has 0 aliphatic carbocycles. The number of nitrogens with zero attached hydrogens (tertiary/aromatic N) is 1. The summed E-state index contributed by atoms with van der Waals surface area (Å²) in [7, 11) is 0. The predicted octanol–water partition coefficient (Wildman–Crippen LogP) is 15.8. The monoisotopic (exact) mass is 725 g/mol. The standard InChI is InChI=1S/C56H39N/c1-3-14-40(15-4-1)46-21-11-22-47(38-46)41-28-33-49(34-29-41)57(51-24-12-23-48(39-51)53-27-13-20-42-16-7-9-25-52(42)53)50-35-30-44(31-36-50)55-37-32-43-17-8-10-26-54(43)56(55)45-18-5-2-6-19-45/h1-39H. The molecule has 1 heteroatoms. The Hall–Kier alpha value is -7.48. The highest BCUT2D eigenvalue weighted by Gasteiger charge is 2.17. The normalized spacial score (nSPS) is 11.2. The van der Waals surface area contributed by atoms with Gasteiger partial charge in [0, 0.05) is 17.1 Å². The fourth-order valence-corrected chi connectivity index (χ4v) is 8.27. The summed E-state index contributed by atoms with van der Waals surface area (Å²) in [5, 5.41) is 4.99. The maximum Gasteiger partial charge on any atom is 0.0467 e. The molecule has 0 aliphatic rings. The molecular formula is C56H39N. The van der Waals surface area contributed by atoms with E-state index >= 15 is 0 Å². The Morgan fingerprint density at radius 1 is 0.228 bits per heavy atom. The molecule has 0 fully saturated rings. The second kappa shape index (κ2) is 15.0. The summed E-state index contributed by atoms with van der Waals surface area (Å²) in [5.41, 5.74) is 15.4. The van der Waals surface area contributed by atoms with Crippen molar-refractivity contribution in [1.82, 2.24) is 0 Å². The molecule has 57 heavy (non-hydrogen) atoms. The maximum atomic E-state index is 2.38. The molecule has 0 unspecified atom stereocenters. The molecule has 10 aromatic rings. The van der Waals surface area contributed by atoms with E-state index in [1.165, 1.54) is 77.2 Å². The van der Waals surface area contributed by atoms with E-state index in [1.54, 1.807) is 0 Å². The van der Waals surface area contributed by atoms with Gasteiger partial charge in [-0.3, -0.25) is 0 Å². The van der Waals surface area contributed by atoms with Gasteiger partial charge in [-0.1, -0.05) is 194 Å². The number of rotatable bonds is 8. The lowest BCUT2D eigenvalue weighted by Gasteiger charge is -2.27. The van der Waals surface area contributed by atoms with Crippen molar-refractivity contribution in [3.8, 4) is 55.6 Å². The van der Waals surface area contributed by atoms with Crippen LogP contribution in [-0.2, 0) is 0 Å². The number of hydrogen-bond donors (Lipinski definition) is 0. The summed E-state index contributed by atoms with van der Waals surface area (Å²) < 4.78 is 0. The van der Waals surface area contributed by atoms with Crippen LogP contribution in [0.25, 0.3) is 77.2 Å². The molecule has 10 rings (SSSR count). The first-order chi connectivity index (χ1) is 28.3. The quantitative estimate of drug-likeness (QED) is 0.151. The minimum absolute atomic E-state index is 1.09. The van der Waals surface area contributed by atoms with E-state index in [0.717, 1.165) is 17.1 Å². The fraction of sp³-hybridized carbons (Fsp3) is 0. The third-order valence-electron chi connectivity index (χ3n) is 11.1. The van der Waals surface area contributed by atoms with Gasteiger partial charge in [-0.05, 0) is 120 Å². The van der Waals surface area contributed by atoms with E-state index in [9.17, 15) is 0 Å². The van der Waals surface area contributed by atoms with Crippen molar-refractivity contribution in [2.75, 3.05) is 4.90 Å². The van der Waals surface area contributed by atoms with Gasteiger partial charge >= 0.3 is 0 Å². The van der Waals surface area contributed by atoms with Crippen LogP contribution in [0.5, 0.6) is 0 Å². The van der Waals surface area contributed by atoms with Crippen LogP contribution in [0.2, 0.25) is 0 Å². The molecule has 0 amide bonds. The van der Waals surface area contributed by atoms with Crippen LogP contribution < -0.4 is 4.90 Å². The summed E-state index contributed by atoms with van der Waals surface area (Å²) in [4.78, 5) is 2.38. The van der Waals surface area contributed by atoms with E-state index < -0.39 is 0 Å². The highest BCUT2D eigenvalue weighted by atomic mass is 15.1. The summed E-state index contributed by atoms with van der Waals surface area (Å²) >= 11 is 0. The topological polar surface area (TPSA) is 3.24 Å². The minimum atomic E-state index is 1.09. The van der Waals surface area contributed by atoms with Gasteiger partial charge in [0.05, 0.1) is 0 Å². The number of fused-ring (bicyclic) bond motifs is 2. The number of hydrogen-bond acceptors (Lipinski definition) is 1. The van der Waals surface area contributed by atoms with Crippen molar-refractivity contribution in [1.29, 1.82) is 0 Å². The van der Waals surface area contributed by atoms with Gasteiger partial charge in [-0.25, -0.2) is 0 Å². The third kappa shape index (κ3) is 6.66. The minimum Gasteiger partial charge on any atom is -0.310 e. The van der Waals surface area contributed by atoms with Gasteiger partial charge in [-0.15, -0.1) is 0 Å². The first-order valence-corrected chi connectivity index (χ1v) is 19.6. The molecule has 0 aliphatic heterocycles. The molecule has 0 aromatic heterocycles. The van der Waals surface area contributed by atoms with Crippen LogP contribution in [0.4, 0.5) is 17.1 Å². The molecule has 1 nitrogen and oxygen atoms in total. The van der Waals surface area contributed by atoms with Gasteiger partial charge in [0.1, 0.15) is 0 Å². The van der Waals surface area contributed by atoms with Crippen LogP contribution in [0.1, 0.15) is 0 Å². The van der Waals surface area contributed by atoms with Gasteiger partial charge in [0.2, 0.25) is 0 Å². The Bertz CT molecular complexity index is 2980. The Balaban J connectivity index is 1.08. The van der Waals surface area contributed by atoms with E-state index in [-0.39, 0.29) is 0 Å². The second-order valence-corrected chi connectivity index (χ2v) is 14.5. The summed E-state index contributed by atoms with van der Waals surface area (Å²) in [6.45, 7) is 0. The molecule has 0 spiro atoms. The Morgan fingerprint density at radius 3 is 1.42 bits per heavy atom. The molecule has 0 saturated carbocycles. The van der Waals surface area contributed by atoms with Crippen LogP contribution in [-0.4, -0.2) is 0 Å². The van der Waals surface area contributed by atoms with E-state index in [0.29, 0.717) is 0 Å². The summed E-state index contributed by atoms with van der Waals surface area (Å²) in [6, 6.07) is 85.6. The van der Waals surface area contributed by atoms with E-state index in [2.05, 4.69) is 241 Å². The zero-order chi connectivity index (χ0) is 38.0. The zero-order valence-corrected chi connectivity index (χ0v) is 31.5. The Kier molecular flexibility index (Phi) is 8.95. The molecule has 0 saturated heterocycles. The molecule has 0 bridgehead atoms. The van der Waals surface area contributed by atoms with E-state index in [1.807, 2.05) is 0 Å². The highest BCUT2D eigenvalue weighted by molar-refractivity contribution is 6.04. The molecule has 0 radical (unpaired) electrons. The van der Waals surface area contributed by atoms with Crippen LogP contribution >= 0.6 is 0 Å². The molecule has 0 heterocycles. The van der Waals surface area contributed by atoms with Crippen LogP contribution in [0, 0.1) is 0 Å². The lowest BCUT2D eigenvalue weighted by atomic mass is 9.90. The van der Waals surface area contributed by atoms with Gasteiger partial charge < -0.3 is 4.90 Å². The van der Waals surface area contributed by atoms with Gasteiger partial charge in [0.15, 0.2) is 0 Å². The van der Waals surface area contributed by atoms with Crippen molar-refractivity contribution in [3.63, 3.8) is 0 Å². The average molecular weight is 726 g/mol. The average Bonchev–Trinajstić information content (AvgIpc) is 3.30. The second-order valence-electron chi connectivity index (χ2n) is 14.5. The van der Waals surface area contributed by atoms with Gasteiger partial charge in [-0.2, -0.15) is 0 Å². The fourth-order valence-electron chi connectivity index (χ4n) is 8.27. The maximum absolute atomic E-state index is 2.38. The molecule has 0 N–H and O–H groups in total. The SMILES string of the molecule is c1ccc(-c2cccc(-c3ccc(N(c4ccc(-c5ccc6ccccc6c5-c5ccccc5)cc4)c4cccc(-c5cccc6ccccc56)c4)cc3)c2)cc1. The van der Waals surface area contributed by atoms with Crippen LogP contribution in [0.15, 0.2) is 237 Å². The summed E-state index contributed by atoms with van der Waals surface area (Å²) in [5.74, 6) is 0. The van der Waals surface area contributed by atoms with Crippen molar-refractivity contribution in [3.05, 3.63) is 237 Å². The Morgan fingerprint density at radius 2 is 0.719 bits per heavy atom. The molecule has 10 aromatic carbocycles. The van der Waals surface area contributed by atoms with Gasteiger partial charge in [0.25, 0.3) is 0 Å². The lowest BCUT2D eigenvalue weighted by molar-refractivity contribution is 1.28. The van der Waals surface area contributed by atoms with Crippen molar-refractivity contribution in [2.24, 2.45) is 0 Å². The zero-order valence-electron chi connectivity index (χ0n) is 31.5. The molecular weight excluding hydrogens is 687 g/mol. The number of anilines is 3. The summed E-state index contributed by atoms with van der Waals surface area (Å²) in [6.07, 6.45) is 0. The lowest BCUT2D eigenvalue weighted by Crippen LogP contribution is -2.10. The first kappa shape index (κ1) is 34.0. The highest BCUT2D eigenvalue weighted by Crippen LogP contribution is 2.42. The largest absolute Gasteiger partial charge is 0.310 e. The van der Waals surface area contributed by atoms with Crippen molar-refractivity contribution in [2.45, 2.75) is 0 Å². The number of benzene rings is 10. The van der Waals surface area contributed by atoms with Crippen molar-refractivity contribution >= 4 is 38.6 Å². The third-order valence-corrected chi connectivity index (χ3v) is 11.1. The molecule has 268 valence electrons. The molecule has 0 atom stereocenters. The van der Waals surface area contributed by atoms with Crippen LogP contribution in [0.3, 0.4) is 0 Å². The smallest absolute Gasteiger partial charge is 0.0467 e. The Labute approximate surface area is 334 Å². The van der Waals surface area contributed by atoms with E-state index in [4.69, 9.17) is 0 Å². The first-order valence-electron chi connectivity index (χ1n) is 19.6. The van der Waals surface area contributed by atoms with Crippen molar-refractivity contribution < 1.29 is 0 Å². The predicted molar refractivity (Wildman–Crippen MR) is 243 cm³/mol.